The fourth-order valence-corrected chi connectivity index (χ4v) is 1.79. The van der Waals surface area contributed by atoms with Crippen LogP contribution < -0.4 is 11.1 Å². The molecule has 2 rings (SSSR count). The number of nitrogens with two attached hydrogens (primary N) is 1. The lowest BCUT2D eigenvalue weighted by molar-refractivity contribution is -0.384. The van der Waals surface area contributed by atoms with Crippen molar-refractivity contribution in [2.24, 2.45) is 0 Å². The quantitative estimate of drug-likeness (QED) is 0.662. The Morgan fingerprint density at radius 2 is 2.00 bits per heavy atom. The average molecular weight is 286 g/mol. The van der Waals surface area contributed by atoms with Crippen molar-refractivity contribution in [3.8, 4) is 0 Å². The van der Waals surface area contributed by atoms with Gasteiger partial charge in [-0.1, -0.05) is 6.92 Å². The number of benzene rings is 1. The number of pyridine rings is 1. The van der Waals surface area contributed by atoms with Gasteiger partial charge in [0.25, 0.3) is 11.6 Å². The molecule has 1 aromatic carbocycles. The zero-order valence-corrected chi connectivity index (χ0v) is 11.4. The smallest absolute Gasteiger partial charge is 0.269 e. The molecule has 0 radical (unpaired) electrons. The third kappa shape index (κ3) is 3.53. The molecule has 0 spiro atoms. The van der Waals surface area contributed by atoms with Gasteiger partial charge in [-0.25, -0.2) is 4.98 Å². The van der Waals surface area contributed by atoms with E-state index in [0.29, 0.717) is 17.7 Å². The number of nitrogens with one attached hydrogen (secondary N) is 1. The minimum absolute atomic E-state index is 0.0329. The van der Waals surface area contributed by atoms with Crippen LogP contribution in [-0.4, -0.2) is 15.8 Å². The Kier molecular flexibility index (Phi) is 4.13. The summed E-state index contributed by atoms with van der Waals surface area (Å²) in [5.41, 5.74) is 7.22. The Balaban J connectivity index is 2.17. The number of hydrogen-bond acceptors (Lipinski definition) is 5. The Morgan fingerprint density at radius 1 is 1.33 bits per heavy atom. The van der Waals surface area contributed by atoms with E-state index in [1.807, 2.05) is 6.92 Å². The molecule has 0 saturated heterocycles. The van der Waals surface area contributed by atoms with E-state index in [-0.39, 0.29) is 17.4 Å². The molecule has 0 bridgehead atoms. The molecule has 0 saturated carbocycles. The van der Waals surface area contributed by atoms with Gasteiger partial charge < -0.3 is 11.1 Å². The molecule has 1 amide bonds. The van der Waals surface area contributed by atoms with Crippen LogP contribution in [0.5, 0.6) is 0 Å². The maximum atomic E-state index is 12.1. The highest BCUT2D eigenvalue weighted by Crippen LogP contribution is 2.17. The molecule has 2 aromatic rings. The van der Waals surface area contributed by atoms with Gasteiger partial charge in [0.1, 0.15) is 5.82 Å². The highest BCUT2D eigenvalue weighted by molar-refractivity contribution is 6.04. The zero-order valence-electron chi connectivity index (χ0n) is 11.4. The van der Waals surface area contributed by atoms with E-state index in [4.69, 9.17) is 5.73 Å². The highest BCUT2D eigenvalue weighted by atomic mass is 16.6. The van der Waals surface area contributed by atoms with Crippen LogP contribution in [0.15, 0.2) is 36.4 Å². The van der Waals surface area contributed by atoms with Gasteiger partial charge in [-0.15, -0.1) is 0 Å². The second-order valence-corrected chi connectivity index (χ2v) is 4.38. The normalized spacial score (nSPS) is 10.1. The zero-order chi connectivity index (χ0) is 15.4. The van der Waals surface area contributed by atoms with Crippen LogP contribution in [0.3, 0.4) is 0 Å². The number of aromatic nitrogens is 1. The van der Waals surface area contributed by atoms with Crippen molar-refractivity contribution in [2.45, 2.75) is 13.3 Å². The molecule has 7 nitrogen and oxygen atoms in total. The summed E-state index contributed by atoms with van der Waals surface area (Å²) in [4.78, 5) is 26.3. The van der Waals surface area contributed by atoms with Gasteiger partial charge in [-0.05, 0) is 30.7 Å². The number of nitro groups is 1. The number of non-ortho nitro benzene ring substituents is 1. The lowest BCUT2D eigenvalue weighted by atomic mass is 10.1. The first-order valence-electron chi connectivity index (χ1n) is 6.32. The molecule has 0 fully saturated rings. The van der Waals surface area contributed by atoms with Crippen LogP contribution >= 0.6 is 0 Å². The Hall–Kier alpha value is -2.96. The molecule has 108 valence electrons. The number of hydrogen-bond donors (Lipinski definition) is 2. The Labute approximate surface area is 121 Å². The van der Waals surface area contributed by atoms with Crippen molar-refractivity contribution in [2.75, 3.05) is 11.1 Å². The summed E-state index contributed by atoms with van der Waals surface area (Å²) in [6.45, 7) is 1.92. The molecule has 7 heteroatoms. The van der Waals surface area contributed by atoms with Gasteiger partial charge in [-0.3, -0.25) is 14.9 Å². The number of amides is 1. The monoisotopic (exact) mass is 286 g/mol. The van der Waals surface area contributed by atoms with E-state index >= 15 is 0 Å². The van der Waals surface area contributed by atoms with Crippen LogP contribution in [0.2, 0.25) is 0 Å². The first-order valence-corrected chi connectivity index (χ1v) is 6.32. The molecule has 0 atom stereocenters. The van der Waals surface area contributed by atoms with E-state index in [1.54, 1.807) is 6.07 Å². The second kappa shape index (κ2) is 6.00. The van der Waals surface area contributed by atoms with Crippen molar-refractivity contribution in [1.29, 1.82) is 0 Å². The number of aryl methyl sites for hydroxylation is 1. The lowest BCUT2D eigenvalue weighted by Gasteiger charge is -2.07. The summed E-state index contributed by atoms with van der Waals surface area (Å²) in [6, 6.07) is 8.75. The van der Waals surface area contributed by atoms with E-state index < -0.39 is 4.92 Å². The summed E-state index contributed by atoms with van der Waals surface area (Å²) < 4.78 is 0. The summed E-state index contributed by atoms with van der Waals surface area (Å²) in [5.74, 6) is -0.0594. The standard InChI is InChI=1S/C14H14N4O3/c1-2-10-7-9(8-13(15)16-10)14(19)17-11-3-5-12(6-4-11)18(20)21/h3-8H,2H2,1H3,(H2,15,16)(H,17,19). The SMILES string of the molecule is CCc1cc(C(=O)Nc2ccc([N+](=O)[O-])cc2)cc(N)n1. The fourth-order valence-electron chi connectivity index (χ4n) is 1.79. The first kappa shape index (κ1) is 14.4. The van der Waals surface area contributed by atoms with E-state index in [9.17, 15) is 14.9 Å². The van der Waals surface area contributed by atoms with Crippen molar-refractivity contribution in [1.82, 2.24) is 4.98 Å². The molecule has 21 heavy (non-hydrogen) atoms. The van der Waals surface area contributed by atoms with E-state index in [0.717, 1.165) is 5.69 Å². The number of rotatable bonds is 4. The van der Waals surface area contributed by atoms with E-state index in [2.05, 4.69) is 10.3 Å². The number of nitrogen functional groups attached to an aromatic ring is 1. The van der Waals surface area contributed by atoms with Crippen molar-refractivity contribution in [3.63, 3.8) is 0 Å². The molecule has 0 aliphatic carbocycles. The maximum absolute atomic E-state index is 12.1. The van der Waals surface area contributed by atoms with Gasteiger partial charge in [0.05, 0.1) is 4.92 Å². The largest absolute Gasteiger partial charge is 0.384 e. The molecule has 1 heterocycles. The van der Waals surface area contributed by atoms with Crippen molar-refractivity contribution < 1.29 is 9.72 Å². The molecule has 1 aromatic heterocycles. The minimum atomic E-state index is -0.497. The van der Waals surface area contributed by atoms with Gasteiger partial charge in [0, 0.05) is 29.1 Å². The highest BCUT2D eigenvalue weighted by Gasteiger charge is 2.10. The van der Waals surface area contributed by atoms with Gasteiger partial charge in [-0.2, -0.15) is 0 Å². The number of nitro benzene ring substituents is 1. The number of anilines is 2. The second-order valence-electron chi connectivity index (χ2n) is 4.38. The fraction of sp³-hybridized carbons (Fsp3) is 0.143. The molecular weight excluding hydrogens is 272 g/mol. The van der Waals surface area contributed by atoms with Crippen LogP contribution in [0.4, 0.5) is 17.2 Å². The van der Waals surface area contributed by atoms with Crippen LogP contribution in [0.25, 0.3) is 0 Å². The van der Waals surface area contributed by atoms with Crippen LogP contribution in [0, 0.1) is 10.1 Å². The van der Waals surface area contributed by atoms with Crippen molar-refractivity contribution >= 4 is 23.1 Å². The molecule has 0 unspecified atom stereocenters. The minimum Gasteiger partial charge on any atom is -0.384 e. The Bertz CT molecular complexity index is 683. The number of nitrogens with zero attached hydrogens (tertiary/aromatic N) is 2. The van der Waals surface area contributed by atoms with Gasteiger partial charge >= 0.3 is 0 Å². The summed E-state index contributed by atoms with van der Waals surface area (Å²) in [6.07, 6.45) is 0.669. The van der Waals surface area contributed by atoms with Crippen molar-refractivity contribution in [3.05, 3.63) is 57.8 Å². The molecule has 0 aliphatic rings. The maximum Gasteiger partial charge on any atom is 0.269 e. The summed E-state index contributed by atoms with van der Waals surface area (Å²) >= 11 is 0. The number of carbonyl (C=O) groups is 1. The predicted molar refractivity (Wildman–Crippen MR) is 79.1 cm³/mol. The Morgan fingerprint density at radius 3 is 2.57 bits per heavy atom. The third-order valence-corrected chi connectivity index (χ3v) is 2.86. The lowest BCUT2D eigenvalue weighted by Crippen LogP contribution is -2.13. The molecule has 3 N–H and O–H groups in total. The van der Waals surface area contributed by atoms with Crippen LogP contribution in [-0.2, 0) is 6.42 Å². The molecular formula is C14H14N4O3. The van der Waals surface area contributed by atoms with Crippen LogP contribution in [0.1, 0.15) is 23.0 Å². The summed E-state index contributed by atoms with van der Waals surface area (Å²) in [7, 11) is 0. The average Bonchev–Trinajstić information content (AvgIpc) is 2.47. The third-order valence-electron chi connectivity index (χ3n) is 2.86. The van der Waals surface area contributed by atoms with Gasteiger partial charge in [0.15, 0.2) is 0 Å². The van der Waals surface area contributed by atoms with E-state index in [1.165, 1.54) is 30.3 Å². The summed E-state index contributed by atoms with van der Waals surface area (Å²) in [5, 5.41) is 13.2. The topological polar surface area (TPSA) is 111 Å². The number of carbonyl (C=O) groups excluding carboxylic acids is 1. The van der Waals surface area contributed by atoms with Gasteiger partial charge in [0.2, 0.25) is 0 Å². The first-order chi connectivity index (χ1) is 9.99. The molecule has 0 aliphatic heterocycles. The predicted octanol–water partition coefficient (Wildman–Crippen LogP) is 2.39.